The molecule has 0 radical (unpaired) electrons. The van der Waals surface area contributed by atoms with Crippen LogP contribution in [-0.2, 0) is 29.2 Å². The molecule has 0 N–H and O–H groups in total. The van der Waals surface area contributed by atoms with Crippen LogP contribution < -0.4 is 29.6 Å². The minimum atomic E-state index is -5.01. The predicted octanol–water partition coefficient (Wildman–Crippen LogP) is -0.638. The fourth-order valence-corrected chi connectivity index (χ4v) is 3.46. The van der Waals surface area contributed by atoms with E-state index in [0.717, 1.165) is 51.4 Å². The molecule has 10 heteroatoms. The summed E-state index contributed by atoms with van der Waals surface area (Å²) in [5, 5.41) is -2.06. The van der Waals surface area contributed by atoms with Crippen molar-refractivity contribution in [3.8, 4) is 0 Å². The average molecular weight is 567 g/mol. The number of ether oxygens (including phenoxy) is 2. The van der Waals surface area contributed by atoms with E-state index in [0.29, 0.717) is 0 Å². The summed E-state index contributed by atoms with van der Waals surface area (Å²) in [4.78, 5) is 24.1. The van der Waals surface area contributed by atoms with Crippen molar-refractivity contribution < 1.29 is 61.6 Å². The fraction of sp³-hybridized carbons (Fsp3) is 0.900. The molecule has 7 nitrogen and oxygen atoms in total. The zero-order chi connectivity index (χ0) is 21.6. The summed E-state index contributed by atoms with van der Waals surface area (Å²) in [6, 6.07) is 0. The number of carbonyl (C=O) groups excluding carboxylic acids is 2. The van der Waals surface area contributed by atoms with Gasteiger partial charge in [0.1, 0.15) is 10.1 Å². The second-order valence-electron chi connectivity index (χ2n) is 7.33. The zero-order valence-electron chi connectivity index (χ0n) is 18.8. The Bertz CT molecular complexity index is 557. The van der Waals surface area contributed by atoms with E-state index in [1.165, 1.54) is 0 Å². The Kier molecular flexibility index (Phi) is 23.8. The van der Waals surface area contributed by atoms with Crippen LogP contribution in [0.15, 0.2) is 0 Å². The third kappa shape index (κ3) is 16.3. The SMILES string of the molecule is CCCCC(CC)COC(=O)CC(C(=O)OCC(CC)CCCC)S(=O)(=O)[O-].[Na+].[SnH4]. The van der Waals surface area contributed by atoms with E-state index in [9.17, 15) is 22.6 Å². The van der Waals surface area contributed by atoms with Crippen LogP contribution >= 0.6 is 0 Å². The van der Waals surface area contributed by atoms with Crippen molar-refractivity contribution in [3.05, 3.63) is 0 Å². The van der Waals surface area contributed by atoms with Crippen molar-refractivity contribution in [3.63, 3.8) is 0 Å². The summed E-state index contributed by atoms with van der Waals surface area (Å²) < 4.78 is 44.6. The second-order valence-corrected chi connectivity index (χ2v) is 8.89. The monoisotopic (exact) mass is 568 g/mol. The van der Waals surface area contributed by atoms with Crippen LogP contribution in [0.5, 0.6) is 0 Å². The molecule has 3 atom stereocenters. The maximum absolute atomic E-state index is 12.1. The summed E-state index contributed by atoms with van der Waals surface area (Å²) in [5.74, 6) is -1.74. The molecule has 0 amide bonds. The summed E-state index contributed by atoms with van der Waals surface area (Å²) in [5.41, 5.74) is 0. The first kappa shape index (κ1) is 35.2. The van der Waals surface area contributed by atoms with Crippen LogP contribution in [0.3, 0.4) is 0 Å². The number of esters is 2. The van der Waals surface area contributed by atoms with Gasteiger partial charge in [-0.1, -0.05) is 66.2 Å². The Morgan fingerprint density at radius 3 is 1.67 bits per heavy atom. The van der Waals surface area contributed by atoms with Crippen LogP contribution in [0.25, 0.3) is 0 Å². The van der Waals surface area contributed by atoms with Crippen LogP contribution in [0.4, 0.5) is 0 Å². The number of rotatable bonds is 16. The van der Waals surface area contributed by atoms with Gasteiger partial charge in [0.05, 0.1) is 19.6 Å². The summed E-state index contributed by atoms with van der Waals surface area (Å²) in [6.45, 7) is 8.26. The van der Waals surface area contributed by atoms with Crippen LogP contribution in [0, 0.1) is 11.8 Å². The van der Waals surface area contributed by atoms with Gasteiger partial charge in [-0.05, 0) is 24.7 Å². The normalized spacial score (nSPS) is 13.9. The van der Waals surface area contributed by atoms with Crippen LogP contribution in [0.1, 0.15) is 85.5 Å². The number of hydrogen-bond acceptors (Lipinski definition) is 7. The van der Waals surface area contributed by atoms with Gasteiger partial charge in [0.15, 0.2) is 5.25 Å². The van der Waals surface area contributed by atoms with Crippen molar-refractivity contribution in [2.75, 3.05) is 13.2 Å². The van der Waals surface area contributed by atoms with Gasteiger partial charge in [-0.3, -0.25) is 9.59 Å². The minimum absolute atomic E-state index is 0. The molecule has 0 aromatic heterocycles. The van der Waals surface area contributed by atoms with Gasteiger partial charge in [0.25, 0.3) is 0 Å². The third-order valence-electron chi connectivity index (χ3n) is 4.99. The number of hydrogen-bond donors (Lipinski definition) is 0. The molecule has 0 saturated heterocycles. The van der Waals surface area contributed by atoms with E-state index < -0.39 is 33.7 Å². The molecule has 0 aliphatic carbocycles. The van der Waals surface area contributed by atoms with Gasteiger partial charge in [-0.2, -0.15) is 0 Å². The Labute approximate surface area is 221 Å². The van der Waals surface area contributed by atoms with Crippen molar-refractivity contribution in [1.82, 2.24) is 0 Å². The van der Waals surface area contributed by atoms with Gasteiger partial charge in [0, 0.05) is 0 Å². The van der Waals surface area contributed by atoms with E-state index in [2.05, 4.69) is 13.8 Å². The summed E-state index contributed by atoms with van der Waals surface area (Å²) in [6.07, 6.45) is 6.58. The van der Waals surface area contributed by atoms with E-state index in [-0.39, 0.29) is 78.5 Å². The predicted molar refractivity (Wildman–Crippen MR) is 118 cm³/mol. The van der Waals surface area contributed by atoms with E-state index >= 15 is 0 Å². The molecule has 0 aliphatic heterocycles. The molecule has 0 aromatic carbocycles. The third-order valence-corrected chi connectivity index (χ3v) is 6.05. The Morgan fingerprint density at radius 2 is 1.30 bits per heavy atom. The maximum atomic E-state index is 12.1. The van der Waals surface area contributed by atoms with Crippen LogP contribution in [0.2, 0.25) is 0 Å². The van der Waals surface area contributed by atoms with Crippen molar-refractivity contribution in [2.24, 2.45) is 11.8 Å². The molecule has 0 fully saturated rings. The Morgan fingerprint density at radius 1 is 0.867 bits per heavy atom. The second kappa shape index (κ2) is 20.3. The molecular formula is C20H41NaO7SSn. The zero-order valence-corrected chi connectivity index (χ0v) is 21.6. The Hall–Kier alpha value is 0.649. The molecule has 0 aromatic rings. The molecule has 3 unspecified atom stereocenters. The summed E-state index contributed by atoms with van der Waals surface area (Å²) in [7, 11) is -5.01. The van der Waals surface area contributed by atoms with Gasteiger partial charge >= 0.3 is 65.4 Å². The first-order chi connectivity index (χ1) is 13.2. The fourth-order valence-electron chi connectivity index (χ4n) is 2.81. The van der Waals surface area contributed by atoms with Crippen molar-refractivity contribution in [1.29, 1.82) is 0 Å². The first-order valence-corrected chi connectivity index (χ1v) is 11.9. The van der Waals surface area contributed by atoms with Crippen LogP contribution in [-0.4, -0.2) is 67.3 Å². The molecule has 0 bridgehead atoms. The standard InChI is InChI=1S/C20H38O7S.Na.Sn.4H/c1-5-9-11-16(7-3)14-26-19(21)13-18(28(23,24)25)20(22)27-15-17(8-4)12-10-6-2;;;;;;/h16-18H,5-15H2,1-4H3,(H,23,24,25);;;;;;/q;+1;;;;;/p-1. The van der Waals surface area contributed by atoms with E-state index in [4.69, 9.17) is 9.47 Å². The van der Waals surface area contributed by atoms with Gasteiger partial charge in [-0.15, -0.1) is 0 Å². The molecule has 0 rings (SSSR count). The van der Waals surface area contributed by atoms with Gasteiger partial charge in [-0.25, -0.2) is 8.42 Å². The van der Waals surface area contributed by atoms with Gasteiger partial charge < -0.3 is 14.0 Å². The van der Waals surface area contributed by atoms with E-state index in [1.54, 1.807) is 0 Å². The quantitative estimate of drug-likeness (QED) is 0.139. The molecule has 0 aliphatic rings. The first-order valence-electron chi connectivity index (χ1n) is 10.5. The molecule has 0 heterocycles. The van der Waals surface area contributed by atoms with Crippen molar-refractivity contribution >= 4 is 46.0 Å². The molecule has 0 saturated carbocycles. The molecule has 0 spiro atoms. The summed E-state index contributed by atoms with van der Waals surface area (Å²) >= 11 is 0. The Balaban J connectivity index is -0.00000364. The molecule has 174 valence electrons. The molecule has 30 heavy (non-hydrogen) atoms. The molecular weight excluding hydrogens is 526 g/mol. The number of unbranched alkanes of at least 4 members (excludes halogenated alkanes) is 2. The van der Waals surface area contributed by atoms with Crippen molar-refractivity contribution in [2.45, 2.75) is 90.7 Å². The van der Waals surface area contributed by atoms with E-state index in [1.807, 2.05) is 13.8 Å². The number of carbonyl (C=O) groups is 2. The average Bonchev–Trinajstić information content (AvgIpc) is 2.65. The van der Waals surface area contributed by atoms with Gasteiger partial charge in [0.2, 0.25) is 0 Å². The topological polar surface area (TPSA) is 110 Å².